The number of H-pyrrole nitrogens is 1. The van der Waals surface area contributed by atoms with Gasteiger partial charge in [0.15, 0.2) is 11.5 Å². The number of aromatic carboxylic acids is 1. The highest BCUT2D eigenvalue weighted by Gasteiger charge is 2.22. The van der Waals surface area contributed by atoms with E-state index in [2.05, 4.69) is 10.2 Å². The lowest BCUT2D eigenvalue weighted by molar-refractivity contribution is 0.0691. The molecule has 0 saturated heterocycles. The number of aromatic amines is 1. The van der Waals surface area contributed by atoms with Gasteiger partial charge in [0.2, 0.25) is 0 Å². The molecule has 7 nitrogen and oxygen atoms in total. The predicted octanol–water partition coefficient (Wildman–Crippen LogP) is 1.68. The van der Waals surface area contributed by atoms with Crippen molar-refractivity contribution >= 4 is 11.8 Å². The summed E-state index contributed by atoms with van der Waals surface area (Å²) in [6.45, 7) is 1.86. The number of nitrogen functional groups attached to an aromatic ring is 1. The summed E-state index contributed by atoms with van der Waals surface area (Å²) in [6.07, 6.45) is 0. The highest BCUT2D eigenvalue weighted by atomic mass is 16.5. The maximum atomic E-state index is 11.2. The van der Waals surface area contributed by atoms with E-state index in [4.69, 9.17) is 15.2 Å². The van der Waals surface area contributed by atoms with Gasteiger partial charge in [0.25, 0.3) is 0 Å². The molecule has 0 aliphatic rings. The van der Waals surface area contributed by atoms with E-state index in [1.807, 2.05) is 6.92 Å². The van der Waals surface area contributed by atoms with Crippen LogP contribution in [-0.2, 0) is 0 Å². The van der Waals surface area contributed by atoms with Gasteiger partial charge in [-0.1, -0.05) is 0 Å². The van der Waals surface area contributed by atoms with Crippen LogP contribution in [0.15, 0.2) is 12.1 Å². The molecule has 106 valence electrons. The molecule has 0 spiro atoms. The van der Waals surface area contributed by atoms with Crippen LogP contribution < -0.4 is 15.2 Å². The fourth-order valence-electron chi connectivity index (χ4n) is 2.03. The number of carbonyl (C=O) groups is 1. The van der Waals surface area contributed by atoms with E-state index >= 15 is 0 Å². The third kappa shape index (κ3) is 2.13. The molecule has 0 unspecified atom stereocenters. The van der Waals surface area contributed by atoms with Crippen molar-refractivity contribution in [1.29, 1.82) is 0 Å². The number of ether oxygens (including phenoxy) is 2. The molecule has 0 amide bonds. The molecule has 0 bridgehead atoms. The Labute approximate surface area is 115 Å². The number of benzene rings is 1. The fourth-order valence-corrected chi connectivity index (χ4v) is 2.03. The van der Waals surface area contributed by atoms with E-state index in [-0.39, 0.29) is 17.1 Å². The summed E-state index contributed by atoms with van der Waals surface area (Å²) in [6, 6.07) is 3.44. The van der Waals surface area contributed by atoms with Gasteiger partial charge in [0, 0.05) is 5.56 Å². The molecule has 0 saturated carbocycles. The summed E-state index contributed by atoms with van der Waals surface area (Å²) in [7, 11) is 3.04. The number of methoxy groups -OCH3 is 2. The predicted molar refractivity (Wildman–Crippen MR) is 73.2 cm³/mol. The van der Waals surface area contributed by atoms with E-state index in [0.29, 0.717) is 17.1 Å². The van der Waals surface area contributed by atoms with Crippen molar-refractivity contribution in [3.8, 4) is 22.6 Å². The standard InChI is InChI=1S/C13H15N3O4/c1-6-4-9(20-3)7(5-8(6)19-2)10-11(13(17)18)15-16-12(10)14/h4-5H,1-3H3,(H,17,18)(H3,14,15,16). The second-order valence-electron chi connectivity index (χ2n) is 4.19. The lowest BCUT2D eigenvalue weighted by Crippen LogP contribution is -2.01. The van der Waals surface area contributed by atoms with Gasteiger partial charge in [-0.3, -0.25) is 5.10 Å². The number of nitrogens with two attached hydrogens (primary N) is 1. The highest BCUT2D eigenvalue weighted by Crippen LogP contribution is 2.39. The Balaban J connectivity index is 2.74. The number of nitrogens with zero attached hydrogens (tertiary/aromatic N) is 1. The maximum Gasteiger partial charge on any atom is 0.354 e. The number of rotatable bonds is 4. The van der Waals surface area contributed by atoms with Gasteiger partial charge in [-0.15, -0.1) is 0 Å². The summed E-state index contributed by atoms with van der Waals surface area (Å²) < 4.78 is 10.5. The Morgan fingerprint density at radius 1 is 1.30 bits per heavy atom. The van der Waals surface area contributed by atoms with Crippen LogP contribution in [0.4, 0.5) is 5.82 Å². The van der Waals surface area contributed by atoms with E-state index in [0.717, 1.165) is 5.56 Å². The molecule has 1 aromatic heterocycles. The molecule has 2 rings (SSSR count). The van der Waals surface area contributed by atoms with Crippen LogP contribution in [-0.4, -0.2) is 35.5 Å². The van der Waals surface area contributed by atoms with Crippen LogP contribution in [0.1, 0.15) is 16.1 Å². The molecule has 1 heterocycles. The van der Waals surface area contributed by atoms with Crippen LogP contribution in [0.3, 0.4) is 0 Å². The molecule has 0 aliphatic heterocycles. The van der Waals surface area contributed by atoms with Crippen molar-refractivity contribution in [2.45, 2.75) is 6.92 Å². The molecule has 7 heteroatoms. The molecule has 4 N–H and O–H groups in total. The number of carboxylic acids is 1. The number of aromatic nitrogens is 2. The first-order chi connectivity index (χ1) is 9.49. The Morgan fingerprint density at radius 2 is 1.95 bits per heavy atom. The number of hydrogen-bond acceptors (Lipinski definition) is 5. The Morgan fingerprint density at radius 3 is 2.50 bits per heavy atom. The molecule has 0 radical (unpaired) electrons. The van der Waals surface area contributed by atoms with E-state index in [1.165, 1.54) is 14.2 Å². The smallest absolute Gasteiger partial charge is 0.354 e. The molecule has 0 aliphatic carbocycles. The van der Waals surface area contributed by atoms with Crippen molar-refractivity contribution in [2.24, 2.45) is 0 Å². The van der Waals surface area contributed by atoms with Crippen molar-refractivity contribution in [1.82, 2.24) is 10.2 Å². The van der Waals surface area contributed by atoms with Crippen LogP contribution in [0.25, 0.3) is 11.1 Å². The van der Waals surface area contributed by atoms with Crippen LogP contribution in [0.5, 0.6) is 11.5 Å². The van der Waals surface area contributed by atoms with E-state index in [9.17, 15) is 9.90 Å². The minimum Gasteiger partial charge on any atom is -0.496 e. The first-order valence-corrected chi connectivity index (χ1v) is 5.79. The molecule has 0 atom stereocenters. The van der Waals surface area contributed by atoms with E-state index < -0.39 is 5.97 Å². The Kier molecular flexibility index (Phi) is 3.51. The monoisotopic (exact) mass is 277 g/mol. The first-order valence-electron chi connectivity index (χ1n) is 5.79. The van der Waals surface area contributed by atoms with Crippen molar-refractivity contribution in [3.63, 3.8) is 0 Å². The fraction of sp³-hybridized carbons (Fsp3) is 0.231. The molecule has 2 aromatic rings. The Bertz CT molecular complexity index is 664. The van der Waals surface area contributed by atoms with Gasteiger partial charge in [-0.05, 0) is 24.6 Å². The lowest BCUT2D eigenvalue weighted by atomic mass is 10.0. The van der Waals surface area contributed by atoms with Crippen LogP contribution in [0, 0.1) is 6.92 Å². The molecule has 20 heavy (non-hydrogen) atoms. The quantitative estimate of drug-likeness (QED) is 0.784. The largest absolute Gasteiger partial charge is 0.496 e. The third-order valence-electron chi connectivity index (χ3n) is 2.99. The zero-order chi connectivity index (χ0) is 14.9. The molecule has 1 aromatic carbocycles. The summed E-state index contributed by atoms with van der Waals surface area (Å²) in [5.41, 5.74) is 7.34. The average molecular weight is 277 g/mol. The summed E-state index contributed by atoms with van der Waals surface area (Å²) >= 11 is 0. The zero-order valence-electron chi connectivity index (χ0n) is 11.4. The van der Waals surface area contributed by atoms with Gasteiger partial charge >= 0.3 is 5.97 Å². The lowest BCUT2D eigenvalue weighted by Gasteiger charge is -2.13. The molecular formula is C13H15N3O4. The van der Waals surface area contributed by atoms with Gasteiger partial charge in [-0.2, -0.15) is 5.10 Å². The zero-order valence-corrected chi connectivity index (χ0v) is 11.4. The molecular weight excluding hydrogens is 262 g/mol. The normalized spacial score (nSPS) is 10.3. The highest BCUT2D eigenvalue weighted by molar-refractivity contribution is 5.98. The van der Waals surface area contributed by atoms with Gasteiger partial charge in [-0.25, -0.2) is 4.79 Å². The summed E-state index contributed by atoms with van der Waals surface area (Å²) in [5, 5.41) is 15.3. The second kappa shape index (κ2) is 5.12. The topological polar surface area (TPSA) is 110 Å². The minimum atomic E-state index is -1.15. The molecule has 0 fully saturated rings. The minimum absolute atomic E-state index is 0.0895. The Hall–Kier alpha value is -2.70. The average Bonchev–Trinajstić information content (AvgIpc) is 2.80. The van der Waals surface area contributed by atoms with Gasteiger partial charge in [0.1, 0.15) is 11.5 Å². The van der Waals surface area contributed by atoms with Gasteiger partial charge < -0.3 is 20.3 Å². The number of aryl methyl sites for hydroxylation is 1. The van der Waals surface area contributed by atoms with Crippen molar-refractivity contribution in [3.05, 3.63) is 23.4 Å². The number of hydrogen-bond donors (Lipinski definition) is 3. The number of nitrogens with one attached hydrogen (secondary N) is 1. The SMILES string of the molecule is COc1cc(-c2c(N)n[nH]c2C(=O)O)c(OC)cc1C. The van der Waals surface area contributed by atoms with Crippen molar-refractivity contribution in [2.75, 3.05) is 20.0 Å². The van der Waals surface area contributed by atoms with E-state index in [1.54, 1.807) is 12.1 Å². The maximum absolute atomic E-state index is 11.2. The summed E-state index contributed by atoms with van der Waals surface area (Å²) in [5.74, 6) is 0.0500. The first kappa shape index (κ1) is 13.7. The van der Waals surface area contributed by atoms with Gasteiger partial charge in [0.05, 0.1) is 19.8 Å². The van der Waals surface area contributed by atoms with Crippen LogP contribution >= 0.6 is 0 Å². The number of carboxylic acid groups (broad SMARTS) is 1. The third-order valence-corrected chi connectivity index (χ3v) is 2.99. The van der Waals surface area contributed by atoms with Crippen LogP contribution in [0.2, 0.25) is 0 Å². The van der Waals surface area contributed by atoms with Crippen molar-refractivity contribution < 1.29 is 19.4 Å². The second-order valence-corrected chi connectivity index (χ2v) is 4.19. The number of anilines is 1. The summed E-state index contributed by atoms with van der Waals surface area (Å²) in [4.78, 5) is 11.2.